The van der Waals surface area contributed by atoms with Gasteiger partial charge in [0.05, 0.1) is 30.7 Å². The molecule has 3 N–H and O–H groups in total. The quantitative estimate of drug-likeness (QED) is 0.509. The van der Waals surface area contributed by atoms with Gasteiger partial charge in [0.15, 0.2) is 12.2 Å². The minimum Gasteiger partial charge on any atom is -0.444 e. The number of benzene rings is 2. The largest absolute Gasteiger partial charge is 0.444 e. The molecule has 2 aliphatic heterocycles. The van der Waals surface area contributed by atoms with Crippen molar-refractivity contribution >= 4 is 11.4 Å². The highest BCUT2D eigenvalue weighted by Crippen LogP contribution is 2.34. The second-order valence-corrected chi connectivity index (χ2v) is 8.48. The summed E-state index contributed by atoms with van der Waals surface area (Å²) in [6.45, 7) is 4.50. The van der Waals surface area contributed by atoms with E-state index in [9.17, 15) is 5.11 Å². The van der Waals surface area contributed by atoms with Crippen LogP contribution < -0.4 is 15.6 Å². The van der Waals surface area contributed by atoms with Gasteiger partial charge in [-0.1, -0.05) is 18.2 Å². The highest BCUT2D eigenvalue weighted by molar-refractivity contribution is 5.62. The summed E-state index contributed by atoms with van der Waals surface area (Å²) < 4.78 is 5.39. The number of para-hydroxylation sites is 1. The fourth-order valence-electron chi connectivity index (χ4n) is 4.47. The normalized spacial score (nSPS) is 18.1. The van der Waals surface area contributed by atoms with Crippen molar-refractivity contribution in [3.05, 3.63) is 90.2 Å². The Kier molecular flexibility index (Phi) is 6.15. The van der Waals surface area contributed by atoms with E-state index in [-0.39, 0.29) is 6.61 Å². The second kappa shape index (κ2) is 9.52. The number of anilines is 2. The van der Waals surface area contributed by atoms with Crippen molar-refractivity contribution < 1.29 is 9.52 Å². The molecule has 3 aromatic rings. The van der Waals surface area contributed by atoms with Crippen molar-refractivity contribution in [1.82, 2.24) is 15.3 Å². The Morgan fingerprint density at radius 1 is 1.18 bits per heavy atom. The number of nitrogens with one attached hydrogen (secondary N) is 2. The zero-order valence-electron chi connectivity index (χ0n) is 18.7. The third-order valence-corrected chi connectivity index (χ3v) is 6.11. The van der Waals surface area contributed by atoms with Gasteiger partial charge in [0.1, 0.15) is 0 Å². The Balaban J connectivity index is 1.44. The average molecular weight is 444 g/mol. The van der Waals surface area contributed by atoms with Crippen LogP contribution in [-0.4, -0.2) is 47.4 Å². The van der Waals surface area contributed by atoms with E-state index in [0.717, 1.165) is 47.9 Å². The maximum atomic E-state index is 9.84. The molecular formula is C26H29N5O2. The molecule has 1 aromatic heterocycles. The molecule has 0 amide bonds. The minimum absolute atomic E-state index is 0.0825. The van der Waals surface area contributed by atoms with E-state index in [0.29, 0.717) is 12.6 Å². The van der Waals surface area contributed by atoms with Crippen LogP contribution in [0.25, 0.3) is 11.3 Å². The molecule has 0 saturated carbocycles. The predicted molar refractivity (Wildman–Crippen MR) is 130 cm³/mol. The minimum atomic E-state index is 0.0825. The molecule has 0 bridgehead atoms. The van der Waals surface area contributed by atoms with Crippen molar-refractivity contribution in [3.63, 3.8) is 0 Å². The van der Waals surface area contributed by atoms with Gasteiger partial charge >= 0.3 is 0 Å². The molecule has 1 unspecified atom stereocenters. The lowest BCUT2D eigenvalue weighted by atomic mass is 9.91. The number of rotatable bonds is 7. The van der Waals surface area contributed by atoms with Crippen LogP contribution in [0, 0.1) is 0 Å². The SMILES string of the molecule is CC1CC2=C(CN1)CN(Nc1ccc(-c3cnco3)cc1)C=C2N(CCO)c1ccccc1. The molecule has 5 rings (SSSR count). The molecule has 7 heteroatoms. The van der Waals surface area contributed by atoms with Gasteiger partial charge in [-0.3, -0.25) is 10.4 Å². The van der Waals surface area contributed by atoms with Gasteiger partial charge in [-0.15, -0.1) is 0 Å². The fraction of sp³-hybridized carbons (Fsp3) is 0.269. The van der Waals surface area contributed by atoms with E-state index in [1.807, 2.05) is 42.5 Å². The molecule has 1 atom stereocenters. The Morgan fingerprint density at radius 3 is 2.73 bits per heavy atom. The van der Waals surface area contributed by atoms with Crippen molar-refractivity contribution in [2.24, 2.45) is 0 Å². The van der Waals surface area contributed by atoms with Crippen LogP contribution >= 0.6 is 0 Å². The molecule has 0 spiro atoms. The molecule has 2 aliphatic rings. The van der Waals surface area contributed by atoms with E-state index >= 15 is 0 Å². The lowest BCUT2D eigenvalue weighted by Crippen LogP contribution is -2.43. The number of hydrogen-bond acceptors (Lipinski definition) is 7. The maximum Gasteiger partial charge on any atom is 0.181 e. The summed E-state index contributed by atoms with van der Waals surface area (Å²) in [5.41, 5.74) is 10.5. The van der Waals surface area contributed by atoms with E-state index in [1.54, 1.807) is 6.20 Å². The molecular weight excluding hydrogens is 414 g/mol. The van der Waals surface area contributed by atoms with Crippen LogP contribution in [0.2, 0.25) is 0 Å². The summed E-state index contributed by atoms with van der Waals surface area (Å²) in [5, 5.41) is 15.6. The summed E-state index contributed by atoms with van der Waals surface area (Å²) in [4.78, 5) is 6.21. The Labute approximate surface area is 194 Å². The molecule has 3 heterocycles. The van der Waals surface area contributed by atoms with Crippen molar-refractivity contribution in [1.29, 1.82) is 0 Å². The van der Waals surface area contributed by atoms with Gasteiger partial charge in [0.25, 0.3) is 0 Å². The molecule has 2 aromatic carbocycles. The lowest BCUT2D eigenvalue weighted by Gasteiger charge is -2.40. The first-order valence-corrected chi connectivity index (χ1v) is 11.3. The topological polar surface area (TPSA) is 76.8 Å². The number of aromatic nitrogens is 1. The predicted octanol–water partition coefficient (Wildman–Crippen LogP) is 4.00. The van der Waals surface area contributed by atoms with Crippen molar-refractivity contribution in [3.8, 4) is 11.3 Å². The Hall–Kier alpha value is -3.55. The van der Waals surface area contributed by atoms with E-state index in [4.69, 9.17) is 4.42 Å². The van der Waals surface area contributed by atoms with Crippen LogP contribution in [0.5, 0.6) is 0 Å². The standard InChI is InChI=1S/C26H29N5O2/c1-19-13-24-21(14-28-19)16-30(17-25(24)31(11-12-32)23-5-3-2-4-6-23)29-22-9-7-20(8-10-22)26-15-27-18-33-26/h2-10,15,17-19,28-29,32H,11-14,16H2,1H3. The van der Waals surface area contributed by atoms with E-state index < -0.39 is 0 Å². The molecule has 0 radical (unpaired) electrons. The van der Waals surface area contributed by atoms with E-state index in [2.05, 4.69) is 50.9 Å². The lowest BCUT2D eigenvalue weighted by molar-refractivity contribution is 0.303. The van der Waals surface area contributed by atoms with Gasteiger partial charge in [-0.2, -0.15) is 0 Å². The number of aliphatic hydroxyl groups is 1. The Morgan fingerprint density at radius 2 is 2.00 bits per heavy atom. The first-order chi connectivity index (χ1) is 16.2. The number of allylic oxidation sites excluding steroid dienone is 1. The van der Waals surface area contributed by atoms with E-state index in [1.165, 1.54) is 17.5 Å². The summed E-state index contributed by atoms with van der Waals surface area (Å²) in [6.07, 6.45) is 6.29. The molecule has 0 fully saturated rings. The van der Waals surface area contributed by atoms with Gasteiger partial charge < -0.3 is 19.7 Å². The summed E-state index contributed by atoms with van der Waals surface area (Å²) in [7, 11) is 0. The maximum absolute atomic E-state index is 9.84. The van der Waals surface area contributed by atoms with Crippen LogP contribution in [0.1, 0.15) is 13.3 Å². The smallest absolute Gasteiger partial charge is 0.181 e. The van der Waals surface area contributed by atoms with Gasteiger partial charge in [-0.25, -0.2) is 4.98 Å². The Bertz CT molecular complexity index is 1120. The zero-order chi connectivity index (χ0) is 22.6. The zero-order valence-corrected chi connectivity index (χ0v) is 18.7. The molecule has 33 heavy (non-hydrogen) atoms. The van der Waals surface area contributed by atoms with Gasteiger partial charge in [0, 0.05) is 36.6 Å². The van der Waals surface area contributed by atoms with Crippen LogP contribution in [0.4, 0.5) is 11.4 Å². The number of aliphatic hydroxyl groups excluding tert-OH is 1. The summed E-state index contributed by atoms with van der Waals surface area (Å²) in [6, 6.07) is 18.8. The third-order valence-electron chi connectivity index (χ3n) is 6.11. The van der Waals surface area contributed by atoms with Crippen LogP contribution in [-0.2, 0) is 0 Å². The van der Waals surface area contributed by atoms with Gasteiger partial charge in [-0.05, 0) is 60.9 Å². The van der Waals surface area contributed by atoms with Crippen molar-refractivity contribution in [2.45, 2.75) is 19.4 Å². The fourth-order valence-corrected chi connectivity index (χ4v) is 4.47. The number of oxazole rings is 1. The summed E-state index contributed by atoms with van der Waals surface area (Å²) >= 11 is 0. The third kappa shape index (κ3) is 4.65. The first kappa shape index (κ1) is 21.3. The second-order valence-electron chi connectivity index (χ2n) is 8.48. The first-order valence-electron chi connectivity index (χ1n) is 11.3. The average Bonchev–Trinajstić information content (AvgIpc) is 3.39. The van der Waals surface area contributed by atoms with Crippen LogP contribution in [0.15, 0.2) is 94.6 Å². The van der Waals surface area contributed by atoms with Gasteiger partial charge in [0.2, 0.25) is 0 Å². The monoisotopic (exact) mass is 443 g/mol. The van der Waals surface area contributed by atoms with Crippen LogP contribution in [0.3, 0.4) is 0 Å². The number of hydrazine groups is 1. The number of nitrogens with zero attached hydrogens (tertiary/aromatic N) is 3. The molecule has 7 nitrogen and oxygen atoms in total. The molecule has 0 saturated heterocycles. The molecule has 170 valence electrons. The highest BCUT2D eigenvalue weighted by atomic mass is 16.3. The number of hydrogen-bond donors (Lipinski definition) is 3. The summed E-state index contributed by atoms with van der Waals surface area (Å²) in [5.74, 6) is 0.751. The van der Waals surface area contributed by atoms with Crippen molar-refractivity contribution in [2.75, 3.05) is 36.6 Å². The molecule has 0 aliphatic carbocycles. The highest BCUT2D eigenvalue weighted by Gasteiger charge is 2.29.